The average molecular weight is 344 g/mol. The SMILES string of the molecule is O=C(OCc1ccccc1OC(F)F)c1ccc(-n2cccn2)cc1. The first-order valence-corrected chi connectivity index (χ1v) is 7.43. The quantitative estimate of drug-likeness (QED) is 0.638. The molecular weight excluding hydrogens is 330 g/mol. The lowest BCUT2D eigenvalue weighted by molar-refractivity contribution is -0.0510. The highest BCUT2D eigenvalue weighted by molar-refractivity contribution is 5.89. The van der Waals surface area contributed by atoms with Gasteiger partial charge >= 0.3 is 12.6 Å². The third kappa shape index (κ3) is 4.20. The summed E-state index contributed by atoms with van der Waals surface area (Å²) in [6.45, 7) is -3.10. The van der Waals surface area contributed by atoms with Crippen molar-refractivity contribution in [2.45, 2.75) is 13.2 Å². The number of carbonyl (C=O) groups excluding carboxylic acids is 1. The molecule has 7 heteroatoms. The fourth-order valence-corrected chi connectivity index (χ4v) is 2.23. The van der Waals surface area contributed by atoms with Gasteiger partial charge in [-0.3, -0.25) is 0 Å². The maximum absolute atomic E-state index is 12.4. The number of benzene rings is 2. The van der Waals surface area contributed by atoms with Crippen molar-refractivity contribution in [3.63, 3.8) is 0 Å². The van der Waals surface area contributed by atoms with Crippen molar-refractivity contribution in [2.75, 3.05) is 0 Å². The van der Waals surface area contributed by atoms with Gasteiger partial charge in [0.2, 0.25) is 0 Å². The smallest absolute Gasteiger partial charge is 0.387 e. The molecule has 0 aliphatic rings. The summed E-state index contributed by atoms with van der Waals surface area (Å²) in [5.41, 5.74) is 1.52. The predicted molar refractivity (Wildman–Crippen MR) is 85.8 cm³/mol. The van der Waals surface area contributed by atoms with Crippen LogP contribution < -0.4 is 4.74 Å². The number of aromatic nitrogens is 2. The number of esters is 1. The number of hydrogen-bond acceptors (Lipinski definition) is 4. The lowest BCUT2D eigenvalue weighted by Crippen LogP contribution is -2.08. The Morgan fingerprint density at radius 1 is 1.08 bits per heavy atom. The number of carbonyl (C=O) groups is 1. The molecule has 0 unspecified atom stereocenters. The van der Waals surface area contributed by atoms with Crippen LogP contribution in [0.25, 0.3) is 5.69 Å². The number of para-hydroxylation sites is 1. The number of alkyl halides is 2. The number of halogens is 2. The zero-order valence-corrected chi connectivity index (χ0v) is 13.0. The Labute approximate surface area is 142 Å². The first-order valence-electron chi connectivity index (χ1n) is 7.43. The zero-order valence-electron chi connectivity index (χ0n) is 13.0. The van der Waals surface area contributed by atoms with Crippen molar-refractivity contribution in [2.24, 2.45) is 0 Å². The van der Waals surface area contributed by atoms with Crippen molar-refractivity contribution in [3.8, 4) is 11.4 Å². The second kappa shape index (κ2) is 7.57. The third-order valence-electron chi connectivity index (χ3n) is 3.42. The van der Waals surface area contributed by atoms with E-state index in [-0.39, 0.29) is 12.4 Å². The highest BCUT2D eigenvalue weighted by Crippen LogP contribution is 2.21. The summed E-state index contributed by atoms with van der Waals surface area (Å²) < 4.78 is 36.0. The third-order valence-corrected chi connectivity index (χ3v) is 3.42. The molecule has 0 aliphatic carbocycles. The zero-order chi connectivity index (χ0) is 17.6. The van der Waals surface area contributed by atoms with Crippen LogP contribution in [0.1, 0.15) is 15.9 Å². The fourth-order valence-electron chi connectivity index (χ4n) is 2.23. The van der Waals surface area contributed by atoms with Gasteiger partial charge in [0.15, 0.2) is 0 Å². The summed E-state index contributed by atoms with van der Waals surface area (Å²) in [7, 11) is 0. The molecule has 128 valence electrons. The number of rotatable bonds is 6. The maximum Gasteiger partial charge on any atom is 0.387 e. The van der Waals surface area contributed by atoms with E-state index in [1.807, 2.05) is 0 Å². The Kier molecular flexibility index (Phi) is 5.03. The van der Waals surface area contributed by atoms with Gasteiger partial charge in [-0.05, 0) is 36.4 Å². The van der Waals surface area contributed by atoms with E-state index in [0.717, 1.165) is 5.69 Å². The molecule has 1 aromatic heterocycles. The van der Waals surface area contributed by atoms with E-state index < -0.39 is 12.6 Å². The maximum atomic E-state index is 12.4. The van der Waals surface area contributed by atoms with E-state index in [2.05, 4.69) is 9.84 Å². The minimum atomic E-state index is -2.94. The number of ether oxygens (including phenoxy) is 2. The molecule has 0 atom stereocenters. The first-order chi connectivity index (χ1) is 12.1. The lowest BCUT2D eigenvalue weighted by atomic mass is 10.2. The van der Waals surface area contributed by atoms with Gasteiger partial charge in [0, 0.05) is 18.0 Å². The summed E-state index contributed by atoms with van der Waals surface area (Å²) in [4.78, 5) is 12.1. The number of nitrogens with zero attached hydrogens (tertiary/aromatic N) is 2. The topological polar surface area (TPSA) is 53.4 Å². The van der Waals surface area contributed by atoms with Crippen LogP contribution in [-0.2, 0) is 11.3 Å². The first kappa shape index (κ1) is 16.6. The van der Waals surface area contributed by atoms with Gasteiger partial charge in [0.25, 0.3) is 0 Å². The molecule has 5 nitrogen and oxygen atoms in total. The van der Waals surface area contributed by atoms with Gasteiger partial charge in [-0.15, -0.1) is 0 Å². The van der Waals surface area contributed by atoms with Crippen LogP contribution >= 0.6 is 0 Å². The van der Waals surface area contributed by atoms with Gasteiger partial charge in [0.05, 0.1) is 11.3 Å². The van der Waals surface area contributed by atoms with Gasteiger partial charge in [-0.25, -0.2) is 9.48 Å². The van der Waals surface area contributed by atoms with Gasteiger partial charge < -0.3 is 9.47 Å². The second-order valence-corrected chi connectivity index (χ2v) is 5.06. The highest BCUT2D eigenvalue weighted by Gasteiger charge is 2.12. The minimum Gasteiger partial charge on any atom is -0.457 e. The van der Waals surface area contributed by atoms with Crippen LogP contribution in [0, 0.1) is 0 Å². The molecule has 0 amide bonds. The van der Waals surface area contributed by atoms with E-state index in [1.54, 1.807) is 65.6 Å². The summed E-state index contributed by atoms with van der Waals surface area (Å²) in [5, 5.41) is 4.10. The molecule has 1 heterocycles. The van der Waals surface area contributed by atoms with Crippen LogP contribution in [0.4, 0.5) is 8.78 Å². The van der Waals surface area contributed by atoms with Crippen LogP contribution in [0.2, 0.25) is 0 Å². The Balaban J connectivity index is 1.65. The van der Waals surface area contributed by atoms with Crippen molar-refractivity contribution < 1.29 is 23.0 Å². The Morgan fingerprint density at radius 3 is 2.52 bits per heavy atom. The lowest BCUT2D eigenvalue weighted by Gasteiger charge is -2.11. The van der Waals surface area contributed by atoms with Crippen molar-refractivity contribution in [1.29, 1.82) is 0 Å². The van der Waals surface area contributed by atoms with Crippen LogP contribution in [0.5, 0.6) is 5.75 Å². The number of hydrogen-bond donors (Lipinski definition) is 0. The van der Waals surface area contributed by atoms with Gasteiger partial charge in [-0.1, -0.05) is 18.2 Å². The largest absolute Gasteiger partial charge is 0.457 e. The molecule has 0 aliphatic heterocycles. The fraction of sp³-hybridized carbons (Fsp3) is 0.111. The van der Waals surface area contributed by atoms with Gasteiger partial charge in [-0.2, -0.15) is 13.9 Å². The Bertz CT molecular complexity index is 834. The summed E-state index contributed by atoms with van der Waals surface area (Å²) in [6, 6.07) is 14.7. The second-order valence-electron chi connectivity index (χ2n) is 5.06. The standard InChI is InChI=1S/C18H14F2N2O3/c19-18(20)25-16-5-2-1-4-14(16)12-24-17(23)13-6-8-15(9-7-13)22-11-3-10-21-22/h1-11,18H,12H2. The Morgan fingerprint density at radius 2 is 1.84 bits per heavy atom. The van der Waals surface area contributed by atoms with Crippen molar-refractivity contribution in [1.82, 2.24) is 9.78 Å². The molecule has 0 spiro atoms. The molecule has 25 heavy (non-hydrogen) atoms. The molecule has 0 bridgehead atoms. The molecule has 0 fully saturated rings. The highest BCUT2D eigenvalue weighted by atomic mass is 19.3. The normalized spacial score (nSPS) is 10.7. The predicted octanol–water partition coefficient (Wildman–Crippen LogP) is 3.83. The van der Waals surface area contributed by atoms with E-state index in [0.29, 0.717) is 11.1 Å². The molecule has 0 saturated carbocycles. The van der Waals surface area contributed by atoms with E-state index in [1.165, 1.54) is 6.07 Å². The van der Waals surface area contributed by atoms with Gasteiger partial charge in [0.1, 0.15) is 12.4 Å². The van der Waals surface area contributed by atoms with E-state index in [9.17, 15) is 13.6 Å². The molecule has 0 radical (unpaired) electrons. The molecular formula is C18H14F2N2O3. The molecule has 0 saturated heterocycles. The molecule has 3 aromatic rings. The average Bonchev–Trinajstić information content (AvgIpc) is 3.15. The molecule has 3 rings (SSSR count). The minimum absolute atomic E-state index is 0.0145. The van der Waals surface area contributed by atoms with Crippen LogP contribution in [-0.4, -0.2) is 22.4 Å². The molecule has 2 aromatic carbocycles. The Hall–Kier alpha value is -3.22. The van der Waals surface area contributed by atoms with Crippen LogP contribution in [0.15, 0.2) is 67.0 Å². The van der Waals surface area contributed by atoms with Crippen molar-refractivity contribution in [3.05, 3.63) is 78.1 Å². The van der Waals surface area contributed by atoms with E-state index >= 15 is 0 Å². The van der Waals surface area contributed by atoms with Crippen LogP contribution in [0.3, 0.4) is 0 Å². The summed E-state index contributed by atoms with van der Waals surface area (Å²) in [6.07, 6.45) is 3.44. The monoisotopic (exact) mass is 344 g/mol. The van der Waals surface area contributed by atoms with Crippen molar-refractivity contribution >= 4 is 5.97 Å². The molecule has 0 N–H and O–H groups in total. The summed E-state index contributed by atoms with van der Waals surface area (Å²) >= 11 is 0. The summed E-state index contributed by atoms with van der Waals surface area (Å²) in [5.74, 6) is -0.571. The van der Waals surface area contributed by atoms with E-state index in [4.69, 9.17) is 4.74 Å².